The summed E-state index contributed by atoms with van der Waals surface area (Å²) in [4.78, 5) is 17.2. The van der Waals surface area contributed by atoms with Gasteiger partial charge in [-0.15, -0.1) is 0 Å². The lowest BCUT2D eigenvalue weighted by atomic mass is 10.1. The first kappa shape index (κ1) is 18.3. The standard InChI is InChI=1S/C17H15F5N2O2/c18-16(19)4-1-6-24(7-5-16)14-12(15(25)26)9-10-8-11(17(20,21)22)2-3-13(10)23-14/h2-3,8-9H,1,4-7H2,(H,25,26). The number of rotatable bonds is 2. The molecule has 26 heavy (non-hydrogen) atoms. The maximum Gasteiger partial charge on any atom is 0.416 e. The maximum absolute atomic E-state index is 13.6. The van der Waals surface area contributed by atoms with Gasteiger partial charge in [0.1, 0.15) is 11.4 Å². The summed E-state index contributed by atoms with van der Waals surface area (Å²) < 4.78 is 65.6. The highest BCUT2D eigenvalue weighted by Crippen LogP contribution is 2.34. The summed E-state index contributed by atoms with van der Waals surface area (Å²) in [6.07, 6.45) is -5.13. The lowest BCUT2D eigenvalue weighted by Crippen LogP contribution is -2.28. The van der Waals surface area contributed by atoms with Crippen molar-refractivity contribution in [1.82, 2.24) is 4.98 Å². The van der Waals surface area contributed by atoms with Crippen LogP contribution in [0.15, 0.2) is 24.3 Å². The molecule has 1 aromatic carbocycles. The fourth-order valence-corrected chi connectivity index (χ4v) is 3.02. The first-order valence-corrected chi connectivity index (χ1v) is 7.95. The molecule has 9 heteroatoms. The Labute approximate surface area is 145 Å². The van der Waals surface area contributed by atoms with Crippen LogP contribution in [-0.4, -0.2) is 35.1 Å². The van der Waals surface area contributed by atoms with Crippen LogP contribution in [0.3, 0.4) is 0 Å². The monoisotopic (exact) mass is 374 g/mol. The van der Waals surface area contributed by atoms with Gasteiger partial charge in [-0.2, -0.15) is 13.2 Å². The molecule has 3 rings (SSSR count). The molecule has 140 valence electrons. The highest BCUT2D eigenvalue weighted by molar-refractivity contribution is 5.98. The Bertz CT molecular complexity index is 851. The smallest absolute Gasteiger partial charge is 0.416 e. The molecule has 1 aliphatic rings. The first-order chi connectivity index (χ1) is 12.1. The average Bonchev–Trinajstić information content (AvgIpc) is 2.72. The summed E-state index contributed by atoms with van der Waals surface area (Å²) in [5.41, 5.74) is -1.04. The van der Waals surface area contributed by atoms with Gasteiger partial charge in [0.05, 0.1) is 11.1 Å². The molecule has 0 radical (unpaired) electrons. The van der Waals surface area contributed by atoms with E-state index in [9.17, 15) is 31.9 Å². The molecule has 1 fully saturated rings. The fraction of sp³-hybridized carbons (Fsp3) is 0.412. The Balaban J connectivity index is 2.07. The molecule has 4 nitrogen and oxygen atoms in total. The Morgan fingerprint density at radius 3 is 2.54 bits per heavy atom. The third-order valence-corrected chi connectivity index (χ3v) is 4.37. The highest BCUT2D eigenvalue weighted by Gasteiger charge is 2.34. The minimum Gasteiger partial charge on any atom is -0.478 e. The van der Waals surface area contributed by atoms with Gasteiger partial charge in [0.25, 0.3) is 0 Å². The van der Waals surface area contributed by atoms with Crippen LogP contribution in [0.1, 0.15) is 35.2 Å². The quantitative estimate of drug-likeness (QED) is 0.782. The number of hydrogen-bond acceptors (Lipinski definition) is 3. The number of nitrogens with zero attached hydrogens (tertiary/aromatic N) is 2. The van der Waals surface area contributed by atoms with E-state index >= 15 is 0 Å². The first-order valence-electron chi connectivity index (χ1n) is 7.95. The van der Waals surface area contributed by atoms with E-state index in [-0.39, 0.29) is 48.2 Å². The van der Waals surface area contributed by atoms with E-state index in [4.69, 9.17) is 0 Å². The number of aromatic nitrogens is 1. The van der Waals surface area contributed by atoms with E-state index in [1.165, 1.54) is 4.90 Å². The number of carboxylic acid groups (broad SMARTS) is 1. The second kappa shape index (κ2) is 6.37. The zero-order valence-electron chi connectivity index (χ0n) is 13.5. The SMILES string of the molecule is O=C(O)c1cc2cc(C(F)(F)F)ccc2nc1N1CCCC(F)(F)CC1. The molecule has 1 aliphatic heterocycles. The summed E-state index contributed by atoms with van der Waals surface area (Å²) in [5.74, 6) is -4.19. The number of hydrogen-bond donors (Lipinski definition) is 1. The Hall–Kier alpha value is -2.45. The molecule has 0 spiro atoms. The molecular weight excluding hydrogens is 359 g/mol. The Morgan fingerprint density at radius 1 is 1.15 bits per heavy atom. The van der Waals surface area contributed by atoms with Crippen molar-refractivity contribution in [3.05, 3.63) is 35.4 Å². The zero-order valence-corrected chi connectivity index (χ0v) is 13.5. The largest absolute Gasteiger partial charge is 0.478 e. The van der Waals surface area contributed by atoms with Crippen LogP contribution in [0.5, 0.6) is 0 Å². The lowest BCUT2D eigenvalue weighted by molar-refractivity contribution is -0.137. The molecule has 0 saturated carbocycles. The molecule has 0 aliphatic carbocycles. The Morgan fingerprint density at radius 2 is 1.88 bits per heavy atom. The number of carboxylic acids is 1. The van der Waals surface area contributed by atoms with Crippen LogP contribution < -0.4 is 4.90 Å². The topological polar surface area (TPSA) is 53.4 Å². The minimum atomic E-state index is -4.56. The van der Waals surface area contributed by atoms with Gasteiger partial charge >= 0.3 is 12.1 Å². The zero-order chi connectivity index (χ0) is 19.1. The molecule has 2 heterocycles. The fourth-order valence-electron chi connectivity index (χ4n) is 3.02. The molecule has 0 atom stereocenters. The molecule has 1 N–H and O–H groups in total. The van der Waals surface area contributed by atoms with Gasteiger partial charge in [-0.1, -0.05) is 0 Å². The van der Waals surface area contributed by atoms with Gasteiger partial charge in [0, 0.05) is 31.3 Å². The summed E-state index contributed by atoms with van der Waals surface area (Å²) in [6, 6.07) is 3.95. The van der Waals surface area contributed by atoms with Crippen molar-refractivity contribution in [3.8, 4) is 0 Å². The predicted molar refractivity (Wildman–Crippen MR) is 84.7 cm³/mol. The van der Waals surface area contributed by atoms with Gasteiger partial charge in [-0.05, 0) is 30.7 Å². The van der Waals surface area contributed by atoms with E-state index in [0.717, 1.165) is 24.3 Å². The van der Waals surface area contributed by atoms with Crippen LogP contribution in [0.25, 0.3) is 10.9 Å². The van der Waals surface area contributed by atoms with E-state index < -0.39 is 30.1 Å². The van der Waals surface area contributed by atoms with E-state index in [1.54, 1.807) is 0 Å². The van der Waals surface area contributed by atoms with Crippen LogP contribution in [0.4, 0.5) is 27.8 Å². The number of halogens is 5. The molecule has 0 bridgehead atoms. The van der Waals surface area contributed by atoms with Gasteiger partial charge in [-0.3, -0.25) is 0 Å². The highest BCUT2D eigenvalue weighted by atomic mass is 19.4. The van der Waals surface area contributed by atoms with Crippen molar-refractivity contribution in [1.29, 1.82) is 0 Å². The second-order valence-corrected chi connectivity index (χ2v) is 6.27. The summed E-state index contributed by atoms with van der Waals surface area (Å²) >= 11 is 0. The molecule has 1 aromatic heterocycles. The normalized spacial score (nSPS) is 18.0. The third kappa shape index (κ3) is 3.71. The number of pyridine rings is 1. The molecule has 2 aromatic rings. The lowest BCUT2D eigenvalue weighted by Gasteiger charge is -2.23. The average molecular weight is 374 g/mol. The van der Waals surface area contributed by atoms with Crippen LogP contribution in [-0.2, 0) is 6.18 Å². The number of fused-ring (bicyclic) bond motifs is 1. The maximum atomic E-state index is 13.6. The summed E-state index contributed by atoms with van der Waals surface area (Å²) in [6.45, 7) is 0.126. The van der Waals surface area contributed by atoms with Gasteiger partial charge in [-0.25, -0.2) is 18.6 Å². The molecular formula is C17H15F5N2O2. The molecule has 0 amide bonds. The van der Waals surface area contributed by atoms with Crippen LogP contribution >= 0.6 is 0 Å². The van der Waals surface area contributed by atoms with E-state index in [1.807, 2.05) is 0 Å². The minimum absolute atomic E-state index is 0.00228. The second-order valence-electron chi connectivity index (χ2n) is 6.27. The van der Waals surface area contributed by atoms with Crippen molar-refractivity contribution >= 4 is 22.7 Å². The van der Waals surface area contributed by atoms with Crippen molar-refractivity contribution in [2.45, 2.75) is 31.4 Å². The Kier molecular flexibility index (Phi) is 4.49. The third-order valence-electron chi connectivity index (χ3n) is 4.37. The van der Waals surface area contributed by atoms with Crippen molar-refractivity contribution in [2.24, 2.45) is 0 Å². The molecule has 0 unspecified atom stereocenters. The summed E-state index contributed by atoms with van der Waals surface area (Å²) in [7, 11) is 0. The summed E-state index contributed by atoms with van der Waals surface area (Å²) in [5, 5.41) is 9.45. The number of alkyl halides is 5. The van der Waals surface area contributed by atoms with Crippen molar-refractivity contribution < 1.29 is 31.9 Å². The van der Waals surface area contributed by atoms with Crippen molar-refractivity contribution in [2.75, 3.05) is 18.0 Å². The number of carbonyl (C=O) groups is 1. The van der Waals surface area contributed by atoms with Crippen molar-refractivity contribution in [3.63, 3.8) is 0 Å². The number of aromatic carboxylic acids is 1. The van der Waals surface area contributed by atoms with Crippen LogP contribution in [0.2, 0.25) is 0 Å². The predicted octanol–water partition coefficient (Wildman–Crippen LogP) is 4.58. The number of benzene rings is 1. The van der Waals surface area contributed by atoms with Gasteiger partial charge in [0.15, 0.2) is 0 Å². The van der Waals surface area contributed by atoms with E-state index in [0.29, 0.717) is 0 Å². The van der Waals surface area contributed by atoms with E-state index in [2.05, 4.69) is 4.98 Å². The van der Waals surface area contributed by atoms with Gasteiger partial charge < -0.3 is 10.0 Å². The van der Waals surface area contributed by atoms with Crippen LogP contribution in [0, 0.1) is 0 Å². The van der Waals surface area contributed by atoms with Gasteiger partial charge in [0.2, 0.25) is 5.92 Å². The number of anilines is 1. The molecule has 1 saturated heterocycles.